The molecule has 0 spiro atoms. The van der Waals surface area contributed by atoms with Crippen molar-refractivity contribution in [1.29, 1.82) is 0 Å². The van der Waals surface area contributed by atoms with Crippen LogP contribution >= 0.6 is 0 Å². The summed E-state index contributed by atoms with van der Waals surface area (Å²) in [5, 5.41) is 0. The normalized spacial score (nSPS) is 26.0. The molecular weight excluding hydrogens is 316 g/mol. The van der Waals surface area contributed by atoms with E-state index in [2.05, 4.69) is 19.1 Å². The molecule has 1 saturated heterocycles. The summed E-state index contributed by atoms with van der Waals surface area (Å²) in [7, 11) is 0. The van der Waals surface area contributed by atoms with E-state index in [-0.39, 0.29) is 24.0 Å². The number of benzene rings is 2. The second-order valence-electron chi connectivity index (χ2n) is 6.64. The monoisotopic (exact) mass is 337 g/mol. The van der Waals surface area contributed by atoms with Crippen LogP contribution in [-0.2, 0) is 4.74 Å². The molecule has 2 aromatic carbocycles. The number of nitrogens with zero attached hydrogens (tertiary/aromatic N) is 1. The first kappa shape index (κ1) is 16.0. The van der Waals surface area contributed by atoms with E-state index in [1.165, 1.54) is 9.80 Å². The topological polar surface area (TPSA) is 51.1 Å². The van der Waals surface area contributed by atoms with E-state index in [0.29, 0.717) is 24.4 Å². The third kappa shape index (κ3) is 2.75. The lowest BCUT2D eigenvalue weighted by Gasteiger charge is -2.37. The molecule has 2 amide bonds. The Labute approximate surface area is 146 Å². The summed E-state index contributed by atoms with van der Waals surface area (Å²) in [6.07, 6.45) is -0.0277. The van der Waals surface area contributed by atoms with Crippen LogP contribution in [-0.4, -0.2) is 42.6 Å². The van der Waals surface area contributed by atoms with Crippen LogP contribution in [0.4, 0.5) is 0 Å². The molecule has 0 aromatic heterocycles. The van der Waals surface area contributed by atoms with E-state index in [1.54, 1.807) is 24.3 Å². The molecule has 1 fully saturated rings. The highest BCUT2D eigenvalue weighted by Crippen LogP contribution is 2.23. The molecule has 0 saturated carbocycles. The second-order valence-corrected chi connectivity index (χ2v) is 6.64. The number of carbonyl (C=O) groups is 2. The van der Waals surface area contributed by atoms with Crippen molar-refractivity contribution >= 4 is 11.8 Å². The number of ether oxygens (including phenoxy) is 1. The number of nitrogens with one attached hydrogen (secondary N) is 1. The van der Waals surface area contributed by atoms with Gasteiger partial charge in [-0.1, -0.05) is 42.5 Å². The molecule has 2 aliphatic heterocycles. The van der Waals surface area contributed by atoms with E-state index in [9.17, 15) is 9.59 Å². The average Bonchev–Trinajstić information content (AvgIpc) is 2.89. The van der Waals surface area contributed by atoms with Crippen LogP contribution in [0.25, 0.3) is 0 Å². The summed E-state index contributed by atoms with van der Waals surface area (Å²) >= 11 is 0. The zero-order valence-electron chi connectivity index (χ0n) is 14.1. The fourth-order valence-electron chi connectivity index (χ4n) is 3.74. The maximum absolute atomic E-state index is 12.6. The van der Waals surface area contributed by atoms with Gasteiger partial charge in [0.05, 0.1) is 17.7 Å². The smallest absolute Gasteiger partial charge is 0.265 e. The SMILES string of the molecule is C[C@@H]1[C@@H](c2ccccc2)OCC[NH+]1CN1C(=O)c2ccccc2C1=O. The Bertz CT molecular complexity index is 771. The quantitative estimate of drug-likeness (QED) is 0.859. The summed E-state index contributed by atoms with van der Waals surface area (Å²) in [5.74, 6) is -0.383. The standard InChI is InChI=1S/C20H20N2O3/c1-14-18(15-7-3-2-4-8-15)25-12-11-21(14)13-22-19(23)16-9-5-6-10-17(16)20(22)24/h2-10,14,18H,11-13H2,1H3/p+1/t14-,18+/m1/s1. The van der Waals surface area contributed by atoms with Crippen LogP contribution in [0.5, 0.6) is 0 Å². The van der Waals surface area contributed by atoms with Gasteiger partial charge >= 0.3 is 0 Å². The van der Waals surface area contributed by atoms with E-state index in [1.807, 2.05) is 18.2 Å². The lowest BCUT2D eigenvalue weighted by Crippen LogP contribution is -3.19. The molecule has 5 nitrogen and oxygen atoms in total. The van der Waals surface area contributed by atoms with Crippen molar-refractivity contribution in [3.05, 3.63) is 71.3 Å². The molecule has 4 rings (SSSR count). The molecule has 5 heteroatoms. The lowest BCUT2D eigenvalue weighted by molar-refractivity contribution is -0.943. The minimum absolute atomic E-state index is 0.0277. The number of carbonyl (C=O) groups excluding carboxylic acids is 2. The number of morpholine rings is 1. The second kappa shape index (κ2) is 6.43. The zero-order chi connectivity index (χ0) is 17.4. The van der Waals surface area contributed by atoms with E-state index >= 15 is 0 Å². The molecule has 2 aliphatic rings. The van der Waals surface area contributed by atoms with E-state index < -0.39 is 0 Å². The molecule has 3 atom stereocenters. The van der Waals surface area contributed by atoms with Crippen LogP contribution in [0.1, 0.15) is 39.3 Å². The molecule has 2 aromatic rings. The Kier molecular flexibility index (Phi) is 4.11. The van der Waals surface area contributed by atoms with Gasteiger partial charge in [0.15, 0.2) is 6.67 Å². The molecule has 1 N–H and O–H groups in total. The van der Waals surface area contributed by atoms with Crippen LogP contribution in [0.3, 0.4) is 0 Å². The van der Waals surface area contributed by atoms with Crippen molar-refractivity contribution < 1.29 is 19.2 Å². The third-order valence-electron chi connectivity index (χ3n) is 5.19. The van der Waals surface area contributed by atoms with Crippen molar-refractivity contribution in [2.24, 2.45) is 0 Å². The highest BCUT2D eigenvalue weighted by atomic mass is 16.5. The van der Waals surface area contributed by atoms with Gasteiger partial charge in [-0.05, 0) is 24.6 Å². The lowest BCUT2D eigenvalue weighted by atomic mass is 10.0. The molecular formula is C20H21N2O3+. The summed E-state index contributed by atoms with van der Waals surface area (Å²) in [4.78, 5) is 27.8. The number of hydrogen-bond donors (Lipinski definition) is 1. The van der Waals surface area contributed by atoms with Gasteiger partial charge in [-0.15, -0.1) is 0 Å². The Morgan fingerprint density at radius 1 is 1.00 bits per heavy atom. The summed E-state index contributed by atoms with van der Waals surface area (Å²) in [5.41, 5.74) is 2.15. The van der Waals surface area contributed by atoms with Gasteiger partial charge in [-0.3, -0.25) is 9.59 Å². The molecule has 25 heavy (non-hydrogen) atoms. The minimum Gasteiger partial charge on any atom is -0.361 e. The third-order valence-corrected chi connectivity index (χ3v) is 5.19. The first-order chi connectivity index (χ1) is 12.2. The maximum Gasteiger partial charge on any atom is 0.265 e. The van der Waals surface area contributed by atoms with Gasteiger partial charge in [0, 0.05) is 0 Å². The Balaban J connectivity index is 1.53. The predicted molar refractivity (Wildman–Crippen MR) is 92.2 cm³/mol. The largest absolute Gasteiger partial charge is 0.361 e. The van der Waals surface area contributed by atoms with Crippen LogP contribution in [0.15, 0.2) is 54.6 Å². The Morgan fingerprint density at radius 3 is 2.24 bits per heavy atom. The summed E-state index contributed by atoms with van der Waals surface area (Å²) < 4.78 is 5.98. The number of rotatable bonds is 3. The van der Waals surface area contributed by atoms with Crippen molar-refractivity contribution in [1.82, 2.24) is 4.90 Å². The Morgan fingerprint density at radius 2 is 1.60 bits per heavy atom. The van der Waals surface area contributed by atoms with E-state index in [4.69, 9.17) is 4.74 Å². The van der Waals surface area contributed by atoms with Gasteiger partial charge in [0.1, 0.15) is 18.7 Å². The van der Waals surface area contributed by atoms with Crippen LogP contribution in [0.2, 0.25) is 0 Å². The molecule has 128 valence electrons. The van der Waals surface area contributed by atoms with Crippen molar-refractivity contribution in [2.75, 3.05) is 19.8 Å². The number of quaternary nitrogens is 1. The Hall–Kier alpha value is -2.50. The summed E-state index contributed by atoms with van der Waals surface area (Å²) in [6, 6.07) is 17.3. The fraction of sp³-hybridized carbons (Fsp3) is 0.300. The van der Waals surface area contributed by atoms with Gasteiger partial charge in [-0.25, -0.2) is 4.90 Å². The van der Waals surface area contributed by atoms with Gasteiger partial charge < -0.3 is 9.64 Å². The molecule has 0 aliphatic carbocycles. The van der Waals surface area contributed by atoms with Crippen molar-refractivity contribution in [2.45, 2.75) is 19.1 Å². The molecule has 1 unspecified atom stereocenters. The first-order valence-corrected chi connectivity index (χ1v) is 8.63. The molecule has 0 radical (unpaired) electrons. The predicted octanol–water partition coefficient (Wildman–Crippen LogP) is 1.29. The van der Waals surface area contributed by atoms with Gasteiger partial charge in [0.25, 0.3) is 11.8 Å². The first-order valence-electron chi connectivity index (χ1n) is 8.63. The number of hydrogen-bond acceptors (Lipinski definition) is 3. The van der Waals surface area contributed by atoms with Crippen molar-refractivity contribution in [3.8, 4) is 0 Å². The fourth-order valence-corrected chi connectivity index (χ4v) is 3.74. The average molecular weight is 337 g/mol. The molecule has 2 heterocycles. The van der Waals surface area contributed by atoms with Crippen LogP contribution in [0, 0.1) is 0 Å². The molecule has 0 bridgehead atoms. The number of imide groups is 1. The van der Waals surface area contributed by atoms with Gasteiger partial charge in [0.2, 0.25) is 0 Å². The highest BCUT2D eigenvalue weighted by molar-refractivity contribution is 6.21. The van der Waals surface area contributed by atoms with Gasteiger partial charge in [-0.2, -0.15) is 0 Å². The maximum atomic E-state index is 12.6. The van der Waals surface area contributed by atoms with E-state index in [0.717, 1.165) is 12.1 Å². The minimum atomic E-state index is -0.192. The zero-order valence-corrected chi connectivity index (χ0v) is 14.1. The van der Waals surface area contributed by atoms with Crippen molar-refractivity contribution in [3.63, 3.8) is 0 Å². The summed E-state index contributed by atoms with van der Waals surface area (Å²) in [6.45, 7) is 3.88. The number of amides is 2. The highest BCUT2D eigenvalue weighted by Gasteiger charge is 2.41. The number of fused-ring (bicyclic) bond motifs is 1. The van der Waals surface area contributed by atoms with Crippen LogP contribution < -0.4 is 4.90 Å².